The molecule has 0 fully saturated rings. The molecule has 13 N–H and O–H groups in total. The van der Waals surface area contributed by atoms with E-state index in [1.54, 1.807) is 55.5 Å². The SMILES string of the molecule is CC(C)(C)c1ccc(Br)cc1.COC(=O)C(=O)c1ccc(C(C)(C)C)cc1.COC(=O)C(N)CN.COC(=O)c1cnc(-c2ccc(C(C)(C)C)cc2)c(=O)[nH]1.C[C@@H]1CC(=O)[C@@H](N(C)C(=O)[C@H](CCN)CC(=O)c2cnc(-c3ccc(C(C)(C)C)cc3)c(=O)n2C)c2ccc(OCCN)c(c2)-c2cc(ccc2OCCN)C[C@@H](C(=O)CCC#N)NC1=O.Cn1c(C(=O)O)cnc(-c2ccc(C(C)(C)C)cc2)c1=O. The number of nitrogens with two attached hydrogens (primary N) is 5. The molecule has 3 aromatic heterocycles. The minimum atomic E-state index is -1.28. The van der Waals surface area contributed by atoms with Crippen LogP contribution in [0.15, 0.2) is 195 Å². The second kappa shape index (κ2) is 53.2. The number of carboxylic acid groups (broad SMARTS) is 1. The van der Waals surface area contributed by atoms with Gasteiger partial charge in [0.1, 0.15) is 71.0 Å². The monoisotopic (exact) mass is 2020 g/mol. The number of carbonyl (C=O) groups excluding carboxylic acids is 9. The summed E-state index contributed by atoms with van der Waals surface area (Å²) in [5, 5.41) is 21.0. The molecule has 4 bridgehead atoms. The number of aromatic nitrogens is 6. The number of ketones is 4. The number of nitrogens with one attached hydrogen (secondary N) is 2. The van der Waals surface area contributed by atoms with Crippen molar-refractivity contribution in [3.63, 3.8) is 0 Å². The molecule has 2 amide bonds. The van der Waals surface area contributed by atoms with Crippen LogP contribution in [0.25, 0.3) is 44.9 Å². The van der Waals surface area contributed by atoms with Crippen molar-refractivity contribution in [1.29, 1.82) is 5.26 Å². The number of likely N-dealkylation sites (N-methyl/N-ethyl adjacent to an activating group) is 1. The van der Waals surface area contributed by atoms with E-state index in [9.17, 15) is 67.6 Å². The number of nitriles is 1. The first-order valence-corrected chi connectivity index (χ1v) is 47.4. The third-order valence-corrected chi connectivity index (χ3v) is 23.8. The minimum absolute atomic E-state index is 0.00144. The van der Waals surface area contributed by atoms with Gasteiger partial charge in [0.15, 0.2) is 17.3 Å². The summed E-state index contributed by atoms with van der Waals surface area (Å²) in [6.07, 6.45) is 3.18. The summed E-state index contributed by atoms with van der Waals surface area (Å²) in [5.74, 6) is -7.34. The first kappa shape index (κ1) is 118. The van der Waals surface area contributed by atoms with Crippen LogP contribution in [-0.4, -0.2) is 178 Å². The van der Waals surface area contributed by atoms with Gasteiger partial charge in [-0.05, 0) is 122 Å². The summed E-state index contributed by atoms with van der Waals surface area (Å²) in [7, 11) is 8.09. The quantitative estimate of drug-likeness (QED) is 0.0114. The number of ether oxygens (including phenoxy) is 5. The van der Waals surface area contributed by atoms with E-state index in [0.29, 0.717) is 56.0 Å². The van der Waals surface area contributed by atoms with Crippen molar-refractivity contribution in [2.24, 2.45) is 54.6 Å². The molecule has 0 saturated heterocycles. The largest absolute Gasteiger partial charge is 0.492 e. The van der Waals surface area contributed by atoms with E-state index in [4.69, 9.17) is 43.2 Å². The fraction of sp³-hybridized carbons (Fsp3) is 0.404. The Bertz CT molecular complexity index is 6340. The van der Waals surface area contributed by atoms with Crippen molar-refractivity contribution in [1.82, 2.24) is 39.3 Å². The van der Waals surface area contributed by atoms with Crippen LogP contribution in [0.1, 0.15) is 230 Å². The van der Waals surface area contributed by atoms with E-state index in [1.807, 2.05) is 91.0 Å². The summed E-state index contributed by atoms with van der Waals surface area (Å²) in [6, 6.07) is 47.7. The molecule has 1 aliphatic rings. The highest BCUT2D eigenvalue weighted by atomic mass is 79.9. The molecule has 7 aromatic carbocycles. The number of aromatic amines is 1. The number of hydrogen-bond donors (Lipinski definition) is 8. The number of Topliss-reactive ketones (excluding diaryl/α,β-unsaturated/α-hetero) is 4. The van der Waals surface area contributed by atoms with E-state index in [1.165, 1.54) is 81.7 Å². The van der Waals surface area contributed by atoms with Gasteiger partial charge >= 0.3 is 23.9 Å². The average molecular weight is 2030 g/mol. The second-order valence-corrected chi connectivity index (χ2v) is 40.2. The Balaban J connectivity index is 0.000000324. The lowest BCUT2D eigenvalue weighted by Crippen LogP contribution is -2.46. The minimum Gasteiger partial charge on any atom is -0.492 e. The Morgan fingerprint density at radius 1 is 0.559 bits per heavy atom. The lowest BCUT2D eigenvalue weighted by Gasteiger charge is -2.32. The van der Waals surface area contributed by atoms with Gasteiger partial charge in [-0.3, -0.25) is 47.9 Å². The second-order valence-electron chi connectivity index (χ2n) is 39.3. The van der Waals surface area contributed by atoms with Crippen LogP contribution in [-0.2, 0) is 90.6 Å². The molecule has 10 aromatic rings. The molecule has 0 aliphatic carbocycles. The van der Waals surface area contributed by atoms with Gasteiger partial charge in [0, 0.05) is 116 Å². The molecular weight excluding hydrogens is 1890 g/mol. The molecule has 764 valence electrons. The summed E-state index contributed by atoms with van der Waals surface area (Å²) >= 11 is 3.41. The van der Waals surface area contributed by atoms with Crippen LogP contribution in [0.5, 0.6) is 11.5 Å². The zero-order valence-corrected chi connectivity index (χ0v) is 87.4. The van der Waals surface area contributed by atoms with Gasteiger partial charge in [-0.1, -0.05) is 248 Å². The Morgan fingerprint density at radius 3 is 1.41 bits per heavy atom. The number of carboxylic acids is 1. The van der Waals surface area contributed by atoms with Crippen LogP contribution in [0, 0.1) is 23.2 Å². The topological polar surface area (TPSA) is 522 Å². The Morgan fingerprint density at radius 2 is 0.993 bits per heavy atom. The molecule has 1 unspecified atom stereocenters. The van der Waals surface area contributed by atoms with Gasteiger partial charge in [0.05, 0.1) is 52.0 Å². The lowest BCUT2D eigenvalue weighted by atomic mass is 9.86. The van der Waals surface area contributed by atoms with Gasteiger partial charge in [0.25, 0.3) is 22.5 Å². The molecule has 5 atom stereocenters. The predicted octanol–water partition coefficient (Wildman–Crippen LogP) is 13.8. The van der Waals surface area contributed by atoms with Crippen molar-refractivity contribution in [3.8, 4) is 62.5 Å². The maximum Gasteiger partial charge on any atom is 0.379 e. The number of rotatable bonds is 25. The summed E-state index contributed by atoms with van der Waals surface area (Å²) in [4.78, 5) is 180. The van der Waals surface area contributed by atoms with Gasteiger partial charge in [-0.2, -0.15) is 5.26 Å². The van der Waals surface area contributed by atoms with Gasteiger partial charge < -0.3 is 81.8 Å². The highest BCUT2D eigenvalue weighted by Gasteiger charge is 2.38. The maximum absolute atomic E-state index is 14.7. The average Bonchev–Trinajstić information content (AvgIpc) is 0.755. The molecule has 34 heteroatoms. The van der Waals surface area contributed by atoms with E-state index in [2.05, 4.69) is 184 Å². The van der Waals surface area contributed by atoms with Crippen LogP contribution in [0.3, 0.4) is 0 Å². The predicted molar refractivity (Wildman–Crippen MR) is 555 cm³/mol. The van der Waals surface area contributed by atoms with Crippen molar-refractivity contribution >= 4 is 74.8 Å². The van der Waals surface area contributed by atoms with E-state index in [0.717, 1.165) is 25.7 Å². The number of nitrogens with zero attached hydrogens (tertiary/aromatic N) is 7. The third kappa shape index (κ3) is 33.6. The maximum atomic E-state index is 14.7. The number of H-pyrrole nitrogens is 1. The molecule has 0 spiro atoms. The molecule has 11 rings (SSSR count). The fourth-order valence-corrected chi connectivity index (χ4v) is 14.9. The number of aromatic carboxylic acids is 1. The van der Waals surface area contributed by atoms with E-state index < -0.39 is 99.7 Å². The Kier molecular flexibility index (Phi) is 43.8. The highest BCUT2D eigenvalue weighted by Crippen LogP contribution is 2.42. The van der Waals surface area contributed by atoms with Crippen LogP contribution in [0.4, 0.5) is 0 Å². The summed E-state index contributed by atoms with van der Waals surface area (Å²) in [5.41, 5.74) is 37.8. The highest BCUT2D eigenvalue weighted by molar-refractivity contribution is 9.10. The Labute approximate surface area is 844 Å². The molecule has 143 heavy (non-hydrogen) atoms. The molecule has 4 heterocycles. The number of fused-ring (bicyclic) bond motifs is 5. The summed E-state index contributed by atoms with van der Waals surface area (Å²) in [6.45, 7) is 34.3. The van der Waals surface area contributed by atoms with Crippen LogP contribution in [0.2, 0.25) is 0 Å². The van der Waals surface area contributed by atoms with E-state index >= 15 is 0 Å². The number of amides is 2. The van der Waals surface area contributed by atoms with Crippen LogP contribution >= 0.6 is 15.9 Å². The molecule has 0 radical (unpaired) electrons. The first-order chi connectivity index (χ1) is 67.0. The zero-order valence-electron chi connectivity index (χ0n) is 85.8. The number of halogens is 1. The molecule has 33 nitrogen and oxygen atoms in total. The number of hydrogen-bond acceptors (Lipinski definition) is 27. The summed E-state index contributed by atoms with van der Waals surface area (Å²) < 4.78 is 28.9. The van der Waals surface area contributed by atoms with Crippen LogP contribution < -0.4 is 60.1 Å². The lowest BCUT2D eigenvalue weighted by molar-refractivity contribution is -0.142. The number of methoxy groups -OCH3 is 3. The normalized spacial score (nSPS) is 14.0. The van der Waals surface area contributed by atoms with Crippen molar-refractivity contribution in [3.05, 3.63) is 273 Å². The fourth-order valence-electron chi connectivity index (χ4n) is 14.6. The third-order valence-electron chi connectivity index (χ3n) is 23.3. The Hall–Kier alpha value is -14.0. The molecular formula is C109H137BrN14O19. The molecule has 0 saturated carbocycles. The number of carbonyl (C=O) groups is 10. The standard InChI is InChI=1S/C50H62N8O8.2C16H18N2O3.C13H16O3.C10H13Br.C4H10N2O2/c1-30-24-42(61)46(58(6)48(63)34(17-19-52)28-41(60)39-29-55-45(49(64)57(39)5)32-10-13-35(14-11-32)50(2,3)4)33-12-16-44(66-23-21-54)37(27-33)36-25-31(9-15-43(36)65-22-20-53)26-38(56-47(30)62)40(59)8-7-18-51;1-16(2,3)11-7-5-10(6-8-11)13-14(19)18-12(9-17-13)15(20)21-4;1-16(2,3)11-7-5-10(6-8-11)13-14(19)18(4)12(9-17-13)15(20)21;1-13(2,3)10-7-5-9(6-8-10)11(14)12(15)16-4;1-10(2,3)8-4-6-9(11)7-5-8;1-8-4(7)3(6)2-5/h9-16,25,27,29-30,34,38,46H,7-8,17,19-24,26,28,52-54H2,1-6H3,(H,56,62);5-9H,1-4H3,(H,18,19);5-9H,1-4H3,(H,20,21);5-8H,1-4H3;4-7H,1-3H3;3H,2,5-6H2,1H3/t30-,34-,38+,46+;;;;;/m1...../s1. The number of benzene rings is 7. The first-order valence-electron chi connectivity index (χ1n) is 46.6. The van der Waals surface area contributed by atoms with Gasteiger partial charge in [-0.25, -0.2) is 29.3 Å². The molecule has 1 aliphatic heterocycles. The van der Waals surface area contributed by atoms with E-state index in [-0.39, 0.29) is 145 Å². The smallest absolute Gasteiger partial charge is 0.379 e. The van der Waals surface area contributed by atoms with Crippen molar-refractivity contribution in [2.75, 3.05) is 67.8 Å². The van der Waals surface area contributed by atoms with Gasteiger partial charge in [0.2, 0.25) is 11.8 Å². The van der Waals surface area contributed by atoms with Gasteiger partial charge in [-0.15, -0.1) is 0 Å². The van der Waals surface area contributed by atoms with Crippen molar-refractivity contribution < 1.29 is 76.7 Å². The van der Waals surface area contributed by atoms with Crippen molar-refractivity contribution in [2.45, 2.75) is 195 Å². The zero-order chi connectivity index (χ0) is 107. The number of esters is 3.